The SMILES string of the molecule is Cc1ccc(N2CCn3c2ncc(C#N)c3=O)cc1. The van der Waals surface area contributed by atoms with Gasteiger partial charge >= 0.3 is 0 Å². The van der Waals surface area contributed by atoms with Crippen LogP contribution in [0.2, 0.25) is 0 Å². The summed E-state index contributed by atoms with van der Waals surface area (Å²) in [5.74, 6) is 0.604. The van der Waals surface area contributed by atoms with Gasteiger partial charge in [-0.05, 0) is 19.1 Å². The predicted molar refractivity (Wildman–Crippen MR) is 71.4 cm³/mol. The van der Waals surface area contributed by atoms with Crippen molar-refractivity contribution in [3.8, 4) is 6.07 Å². The van der Waals surface area contributed by atoms with Gasteiger partial charge in [0.1, 0.15) is 11.6 Å². The minimum atomic E-state index is -0.262. The van der Waals surface area contributed by atoms with E-state index in [1.54, 1.807) is 4.57 Å². The Hall–Kier alpha value is -2.61. The second-order valence-electron chi connectivity index (χ2n) is 4.53. The molecule has 0 bridgehead atoms. The lowest BCUT2D eigenvalue weighted by Crippen LogP contribution is -2.22. The van der Waals surface area contributed by atoms with E-state index >= 15 is 0 Å². The van der Waals surface area contributed by atoms with Gasteiger partial charge in [0.05, 0.1) is 6.20 Å². The molecule has 19 heavy (non-hydrogen) atoms. The van der Waals surface area contributed by atoms with Gasteiger partial charge in [-0.3, -0.25) is 9.36 Å². The van der Waals surface area contributed by atoms with Crippen LogP contribution in [0.4, 0.5) is 11.6 Å². The highest BCUT2D eigenvalue weighted by Gasteiger charge is 2.23. The summed E-state index contributed by atoms with van der Waals surface area (Å²) in [4.78, 5) is 18.2. The maximum atomic E-state index is 12.0. The van der Waals surface area contributed by atoms with Crippen LogP contribution in [0.3, 0.4) is 0 Å². The highest BCUT2D eigenvalue weighted by Crippen LogP contribution is 2.26. The van der Waals surface area contributed by atoms with Crippen molar-refractivity contribution < 1.29 is 0 Å². The van der Waals surface area contributed by atoms with Crippen LogP contribution in [0.15, 0.2) is 35.3 Å². The molecule has 0 aliphatic carbocycles. The number of hydrogen-bond acceptors (Lipinski definition) is 4. The van der Waals surface area contributed by atoms with Crippen LogP contribution in [-0.2, 0) is 6.54 Å². The molecule has 94 valence electrons. The number of nitriles is 1. The highest BCUT2D eigenvalue weighted by atomic mass is 16.1. The average molecular weight is 252 g/mol. The maximum Gasteiger partial charge on any atom is 0.272 e. The van der Waals surface area contributed by atoms with Crippen molar-refractivity contribution in [2.75, 3.05) is 11.4 Å². The second-order valence-corrected chi connectivity index (χ2v) is 4.53. The summed E-state index contributed by atoms with van der Waals surface area (Å²) in [7, 11) is 0. The fourth-order valence-electron chi connectivity index (χ4n) is 2.25. The number of aromatic nitrogens is 2. The van der Waals surface area contributed by atoms with Crippen LogP contribution in [0.25, 0.3) is 0 Å². The molecular formula is C14H12N4O. The molecule has 2 aromatic rings. The molecule has 0 atom stereocenters. The van der Waals surface area contributed by atoms with E-state index in [1.165, 1.54) is 11.8 Å². The molecule has 0 spiro atoms. The molecule has 0 N–H and O–H groups in total. The van der Waals surface area contributed by atoms with Gasteiger partial charge in [-0.2, -0.15) is 5.26 Å². The monoisotopic (exact) mass is 252 g/mol. The third kappa shape index (κ3) is 1.78. The van der Waals surface area contributed by atoms with Crippen LogP contribution >= 0.6 is 0 Å². The lowest BCUT2D eigenvalue weighted by Gasteiger charge is -2.17. The summed E-state index contributed by atoms with van der Waals surface area (Å²) in [6.07, 6.45) is 1.35. The summed E-state index contributed by atoms with van der Waals surface area (Å²) < 4.78 is 1.55. The molecule has 5 heteroatoms. The number of hydrogen-bond donors (Lipinski definition) is 0. The van der Waals surface area contributed by atoms with Gasteiger partial charge in [0.25, 0.3) is 5.56 Å². The average Bonchev–Trinajstić information content (AvgIpc) is 2.85. The van der Waals surface area contributed by atoms with Crippen molar-refractivity contribution in [2.24, 2.45) is 0 Å². The standard InChI is InChI=1S/C14H12N4O/c1-10-2-4-12(5-3-10)17-6-7-18-13(19)11(8-15)9-16-14(17)18/h2-5,9H,6-7H2,1H3. The van der Waals surface area contributed by atoms with Gasteiger partial charge in [0.2, 0.25) is 5.95 Å². The molecule has 1 aliphatic rings. The molecule has 0 saturated carbocycles. The molecule has 0 saturated heterocycles. The van der Waals surface area contributed by atoms with Crippen molar-refractivity contribution in [3.63, 3.8) is 0 Å². The summed E-state index contributed by atoms with van der Waals surface area (Å²) in [5.41, 5.74) is 2.03. The molecular weight excluding hydrogens is 240 g/mol. The molecule has 2 heterocycles. The van der Waals surface area contributed by atoms with E-state index in [-0.39, 0.29) is 11.1 Å². The molecule has 3 rings (SSSR count). The van der Waals surface area contributed by atoms with Crippen LogP contribution < -0.4 is 10.5 Å². The summed E-state index contributed by atoms with van der Waals surface area (Å²) in [6, 6.07) is 9.95. The van der Waals surface area contributed by atoms with Crippen LogP contribution in [0.5, 0.6) is 0 Å². The molecule has 5 nitrogen and oxygen atoms in total. The molecule has 1 aromatic heterocycles. The third-order valence-corrected chi connectivity index (χ3v) is 3.28. The topological polar surface area (TPSA) is 61.9 Å². The van der Waals surface area contributed by atoms with Gasteiger partial charge in [0, 0.05) is 18.8 Å². The van der Waals surface area contributed by atoms with Gasteiger partial charge in [-0.1, -0.05) is 17.7 Å². The molecule has 0 radical (unpaired) electrons. The minimum Gasteiger partial charge on any atom is -0.310 e. The fraction of sp³-hybridized carbons (Fsp3) is 0.214. The number of nitrogens with zero attached hydrogens (tertiary/aromatic N) is 4. The van der Waals surface area contributed by atoms with Gasteiger partial charge in [-0.25, -0.2) is 4.98 Å². The normalized spacial score (nSPS) is 13.2. The Kier molecular flexibility index (Phi) is 2.57. The zero-order valence-electron chi connectivity index (χ0n) is 10.5. The smallest absolute Gasteiger partial charge is 0.272 e. The molecule has 0 unspecified atom stereocenters. The van der Waals surface area contributed by atoms with E-state index in [0.29, 0.717) is 19.0 Å². The Morgan fingerprint density at radius 3 is 2.68 bits per heavy atom. The number of benzene rings is 1. The van der Waals surface area contributed by atoms with Gasteiger partial charge in [0.15, 0.2) is 0 Å². The highest BCUT2D eigenvalue weighted by molar-refractivity contribution is 5.59. The zero-order valence-corrected chi connectivity index (χ0v) is 10.5. The van der Waals surface area contributed by atoms with E-state index in [1.807, 2.05) is 42.2 Å². The lowest BCUT2D eigenvalue weighted by atomic mass is 10.2. The number of aryl methyl sites for hydroxylation is 1. The number of fused-ring (bicyclic) bond motifs is 1. The third-order valence-electron chi connectivity index (χ3n) is 3.28. The molecule has 0 fully saturated rings. The first-order valence-electron chi connectivity index (χ1n) is 6.05. The Labute approximate surface area is 110 Å². The van der Waals surface area contributed by atoms with E-state index < -0.39 is 0 Å². The first-order chi connectivity index (χ1) is 9.20. The van der Waals surface area contributed by atoms with E-state index in [2.05, 4.69) is 4.98 Å². The number of rotatable bonds is 1. The maximum absolute atomic E-state index is 12.0. The van der Waals surface area contributed by atoms with E-state index in [0.717, 1.165) is 5.69 Å². The Morgan fingerprint density at radius 2 is 2.00 bits per heavy atom. The molecule has 1 aliphatic heterocycles. The lowest BCUT2D eigenvalue weighted by molar-refractivity contribution is 0.755. The Balaban J connectivity index is 2.08. The van der Waals surface area contributed by atoms with Crippen molar-refractivity contribution in [1.29, 1.82) is 5.26 Å². The summed E-state index contributed by atoms with van der Waals surface area (Å²) in [6.45, 7) is 3.29. The minimum absolute atomic E-state index is 0.0921. The van der Waals surface area contributed by atoms with Crippen molar-refractivity contribution in [3.05, 3.63) is 51.9 Å². The molecule has 0 amide bonds. The number of anilines is 2. The fourth-order valence-corrected chi connectivity index (χ4v) is 2.25. The van der Waals surface area contributed by atoms with Crippen LogP contribution in [-0.4, -0.2) is 16.1 Å². The quantitative estimate of drug-likeness (QED) is 0.773. The second kappa shape index (κ2) is 4.25. The summed E-state index contributed by atoms with van der Waals surface area (Å²) in [5, 5.41) is 8.85. The summed E-state index contributed by atoms with van der Waals surface area (Å²) >= 11 is 0. The van der Waals surface area contributed by atoms with Crippen molar-refractivity contribution >= 4 is 11.6 Å². The van der Waals surface area contributed by atoms with Crippen LogP contribution in [0, 0.1) is 18.3 Å². The van der Waals surface area contributed by atoms with Crippen LogP contribution in [0.1, 0.15) is 11.1 Å². The molecule has 1 aromatic carbocycles. The largest absolute Gasteiger partial charge is 0.310 e. The van der Waals surface area contributed by atoms with E-state index in [4.69, 9.17) is 5.26 Å². The predicted octanol–water partition coefficient (Wildman–Crippen LogP) is 1.58. The van der Waals surface area contributed by atoms with Crippen molar-refractivity contribution in [2.45, 2.75) is 13.5 Å². The van der Waals surface area contributed by atoms with E-state index in [9.17, 15) is 4.79 Å². The zero-order chi connectivity index (χ0) is 13.4. The van der Waals surface area contributed by atoms with Crippen molar-refractivity contribution in [1.82, 2.24) is 9.55 Å². The first-order valence-corrected chi connectivity index (χ1v) is 6.05. The Morgan fingerprint density at radius 1 is 1.26 bits per heavy atom. The van der Waals surface area contributed by atoms with Gasteiger partial charge in [-0.15, -0.1) is 0 Å². The Bertz CT molecular complexity index is 725. The van der Waals surface area contributed by atoms with Gasteiger partial charge < -0.3 is 4.90 Å². The first kappa shape index (κ1) is 11.5.